The predicted octanol–water partition coefficient (Wildman–Crippen LogP) is 3.24. The fraction of sp³-hybridized carbons (Fsp3) is 0.294. The van der Waals surface area contributed by atoms with Gasteiger partial charge in [0.05, 0.1) is 12.6 Å². The summed E-state index contributed by atoms with van der Waals surface area (Å²) in [6, 6.07) is 16.1. The number of hydrogen-bond acceptors (Lipinski definition) is 4. The van der Waals surface area contributed by atoms with Crippen LogP contribution in [0.2, 0.25) is 0 Å². The summed E-state index contributed by atoms with van der Waals surface area (Å²) in [7, 11) is 0. The average Bonchev–Trinajstić information content (AvgIpc) is 2.55. The maximum Gasteiger partial charge on any atom is 0.161 e. The molecule has 1 heterocycles. The van der Waals surface area contributed by atoms with E-state index in [9.17, 15) is 0 Å². The molecule has 0 spiro atoms. The van der Waals surface area contributed by atoms with Crippen LogP contribution in [0.1, 0.15) is 24.1 Å². The van der Waals surface area contributed by atoms with Crippen molar-refractivity contribution in [2.75, 3.05) is 13.2 Å². The molecule has 2 aromatic rings. The van der Waals surface area contributed by atoms with E-state index in [2.05, 4.69) is 12.4 Å². The standard InChI is InChI=1S/C17H19NO3/c1-13(18-21-12-14-5-3-2-4-6-14)15-7-8-16-17(11-15)20-10-9-19-16/h2-8,11,13,18H,9-10,12H2,1H3. The maximum atomic E-state index is 5.59. The molecule has 1 atom stereocenters. The van der Waals surface area contributed by atoms with Crippen molar-refractivity contribution in [1.82, 2.24) is 5.48 Å². The molecule has 1 aliphatic rings. The Morgan fingerprint density at radius 3 is 2.62 bits per heavy atom. The summed E-state index contributed by atoms with van der Waals surface area (Å²) in [6.45, 7) is 3.80. The summed E-state index contributed by atoms with van der Waals surface area (Å²) in [5.41, 5.74) is 5.30. The van der Waals surface area contributed by atoms with E-state index >= 15 is 0 Å². The van der Waals surface area contributed by atoms with Crippen molar-refractivity contribution in [3.8, 4) is 11.5 Å². The first-order chi connectivity index (χ1) is 10.3. The van der Waals surface area contributed by atoms with Crippen molar-refractivity contribution in [3.63, 3.8) is 0 Å². The second-order valence-electron chi connectivity index (χ2n) is 5.02. The van der Waals surface area contributed by atoms with Crippen LogP contribution in [-0.2, 0) is 11.4 Å². The number of fused-ring (bicyclic) bond motifs is 1. The maximum absolute atomic E-state index is 5.59. The Bertz CT molecular complexity index is 586. The molecule has 2 aromatic carbocycles. The highest BCUT2D eigenvalue weighted by atomic mass is 16.6. The van der Waals surface area contributed by atoms with E-state index in [0.29, 0.717) is 19.8 Å². The summed E-state index contributed by atoms with van der Waals surface area (Å²) in [5.74, 6) is 1.61. The summed E-state index contributed by atoms with van der Waals surface area (Å²) in [5, 5.41) is 0. The molecule has 110 valence electrons. The second-order valence-corrected chi connectivity index (χ2v) is 5.02. The molecule has 21 heavy (non-hydrogen) atoms. The van der Waals surface area contributed by atoms with Crippen LogP contribution in [0.3, 0.4) is 0 Å². The van der Waals surface area contributed by atoms with Gasteiger partial charge in [-0.2, -0.15) is 5.48 Å². The lowest BCUT2D eigenvalue weighted by Gasteiger charge is -2.21. The fourth-order valence-corrected chi connectivity index (χ4v) is 2.22. The van der Waals surface area contributed by atoms with Gasteiger partial charge in [0.15, 0.2) is 11.5 Å². The molecular formula is C17H19NO3. The SMILES string of the molecule is CC(NOCc1ccccc1)c1ccc2c(c1)OCCO2. The molecule has 0 bridgehead atoms. The minimum atomic E-state index is 0.0736. The van der Waals surface area contributed by atoms with Gasteiger partial charge in [0.25, 0.3) is 0 Å². The first-order valence-corrected chi connectivity index (χ1v) is 7.14. The van der Waals surface area contributed by atoms with Gasteiger partial charge >= 0.3 is 0 Å². The minimum Gasteiger partial charge on any atom is -0.486 e. The minimum absolute atomic E-state index is 0.0736. The van der Waals surface area contributed by atoms with Gasteiger partial charge in [-0.25, -0.2) is 0 Å². The van der Waals surface area contributed by atoms with Gasteiger partial charge in [0.2, 0.25) is 0 Å². The number of hydrogen-bond donors (Lipinski definition) is 1. The van der Waals surface area contributed by atoms with Gasteiger partial charge in [-0.3, -0.25) is 4.84 Å². The summed E-state index contributed by atoms with van der Waals surface area (Å²) in [4.78, 5) is 5.56. The Kier molecular flexibility index (Phi) is 4.38. The van der Waals surface area contributed by atoms with E-state index < -0.39 is 0 Å². The van der Waals surface area contributed by atoms with Crippen LogP contribution in [0, 0.1) is 0 Å². The number of ether oxygens (including phenoxy) is 2. The molecule has 0 aliphatic carbocycles. The molecule has 0 saturated heterocycles. The highest BCUT2D eigenvalue weighted by molar-refractivity contribution is 5.44. The number of rotatable bonds is 5. The lowest BCUT2D eigenvalue weighted by Crippen LogP contribution is -2.20. The van der Waals surface area contributed by atoms with Crippen molar-refractivity contribution in [2.45, 2.75) is 19.6 Å². The Morgan fingerprint density at radius 1 is 1.05 bits per heavy atom. The van der Waals surface area contributed by atoms with Crippen LogP contribution in [0.25, 0.3) is 0 Å². The number of hydroxylamine groups is 1. The van der Waals surface area contributed by atoms with E-state index in [1.807, 2.05) is 48.5 Å². The number of benzene rings is 2. The zero-order valence-electron chi connectivity index (χ0n) is 12.0. The fourth-order valence-electron chi connectivity index (χ4n) is 2.22. The molecule has 4 heteroatoms. The molecule has 0 amide bonds. The zero-order valence-corrected chi connectivity index (χ0v) is 12.0. The first kappa shape index (κ1) is 13.9. The highest BCUT2D eigenvalue weighted by Gasteiger charge is 2.14. The van der Waals surface area contributed by atoms with Gasteiger partial charge < -0.3 is 9.47 Å². The molecule has 1 unspecified atom stereocenters. The molecule has 1 N–H and O–H groups in total. The van der Waals surface area contributed by atoms with Crippen LogP contribution in [-0.4, -0.2) is 13.2 Å². The summed E-state index contributed by atoms with van der Waals surface area (Å²) in [6.07, 6.45) is 0. The smallest absolute Gasteiger partial charge is 0.161 e. The highest BCUT2D eigenvalue weighted by Crippen LogP contribution is 2.32. The third-order valence-corrected chi connectivity index (χ3v) is 3.41. The van der Waals surface area contributed by atoms with Crippen molar-refractivity contribution in [1.29, 1.82) is 0 Å². The van der Waals surface area contributed by atoms with Gasteiger partial charge in [-0.1, -0.05) is 36.4 Å². The third kappa shape index (κ3) is 3.54. The Labute approximate surface area is 124 Å². The topological polar surface area (TPSA) is 39.7 Å². The average molecular weight is 285 g/mol. The lowest BCUT2D eigenvalue weighted by molar-refractivity contribution is 0.00689. The van der Waals surface area contributed by atoms with Crippen LogP contribution in [0.5, 0.6) is 11.5 Å². The Balaban J connectivity index is 1.56. The lowest BCUT2D eigenvalue weighted by atomic mass is 10.1. The Morgan fingerprint density at radius 2 is 1.81 bits per heavy atom. The normalized spacial score (nSPS) is 14.7. The third-order valence-electron chi connectivity index (χ3n) is 3.41. The van der Waals surface area contributed by atoms with Crippen molar-refractivity contribution < 1.29 is 14.3 Å². The molecule has 0 radical (unpaired) electrons. The van der Waals surface area contributed by atoms with Gasteiger partial charge in [0.1, 0.15) is 13.2 Å². The molecule has 0 saturated carbocycles. The molecule has 0 fully saturated rings. The van der Waals surface area contributed by atoms with Crippen LogP contribution < -0.4 is 15.0 Å². The van der Waals surface area contributed by atoms with E-state index in [1.165, 1.54) is 0 Å². The van der Waals surface area contributed by atoms with Gasteiger partial charge in [-0.05, 0) is 30.2 Å². The Hall–Kier alpha value is -2.04. The van der Waals surface area contributed by atoms with E-state index in [4.69, 9.17) is 14.3 Å². The van der Waals surface area contributed by atoms with Crippen LogP contribution in [0.15, 0.2) is 48.5 Å². The van der Waals surface area contributed by atoms with Crippen LogP contribution in [0.4, 0.5) is 0 Å². The van der Waals surface area contributed by atoms with Crippen molar-refractivity contribution >= 4 is 0 Å². The zero-order chi connectivity index (χ0) is 14.5. The summed E-state index contributed by atoms with van der Waals surface area (Å²) < 4.78 is 11.1. The number of nitrogens with one attached hydrogen (secondary N) is 1. The molecular weight excluding hydrogens is 266 g/mol. The molecule has 3 rings (SSSR count). The van der Waals surface area contributed by atoms with Gasteiger partial charge in [-0.15, -0.1) is 0 Å². The van der Waals surface area contributed by atoms with Crippen molar-refractivity contribution in [3.05, 3.63) is 59.7 Å². The van der Waals surface area contributed by atoms with Crippen LogP contribution >= 0.6 is 0 Å². The molecule has 0 aromatic heterocycles. The molecule has 1 aliphatic heterocycles. The predicted molar refractivity (Wildman–Crippen MR) is 80.2 cm³/mol. The summed E-state index contributed by atoms with van der Waals surface area (Å²) >= 11 is 0. The van der Waals surface area contributed by atoms with E-state index in [0.717, 1.165) is 22.6 Å². The van der Waals surface area contributed by atoms with Crippen molar-refractivity contribution in [2.24, 2.45) is 0 Å². The van der Waals surface area contributed by atoms with E-state index in [1.54, 1.807) is 0 Å². The van der Waals surface area contributed by atoms with Gasteiger partial charge in [0, 0.05) is 0 Å². The monoisotopic (exact) mass is 285 g/mol. The quantitative estimate of drug-likeness (QED) is 0.856. The second kappa shape index (κ2) is 6.61. The largest absolute Gasteiger partial charge is 0.486 e. The first-order valence-electron chi connectivity index (χ1n) is 7.14. The van der Waals surface area contributed by atoms with E-state index in [-0.39, 0.29) is 6.04 Å². The molecule has 4 nitrogen and oxygen atoms in total.